The van der Waals surface area contributed by atoms with Gasteiger partial charge in [0.2, 0.25) is 0 Å². The zero-order valence-electron chi connectivity index (χ0n) is 22.0. The molecule has 5 rings (SSSR count). The predicted octanol–water partition coefficient (Wildman–Crippen LogP) is 6.91. The molecule has 2 aromatic carbocycles. The quantitative estimate of drug-likeness (QED) is 0.305. The molecular formula is C30H31BrN2O5. The molecule has 0 saturated heterocycles. The molecule has 3 aliphatic rings. The van der Waals surface area contributed by atoms with Crippen LogP contribution in [0.15, 0.2) is 69.5 Å². The number of hydrogen-bond acceptors (Lipinski definition) is 6. The highest BCUT2D eigenvalue weighted by Crippen LogP contribution is 2.52. The first-order valence-electron chi connectivity index (χ1n) is 12.8. The van der Waals surface area contributed by atoms with Crippen LogP contribution < -0.4 is 10.1 Å². The van der Waals surface area contributed by atoms with E-state index in [1.807, 2.05) is 18.2 Å². The molecule has 0 radical (unpaired) electrons. The van der Waals surface area contributed by atoms with E-state index in [2.05, 4.69) is 48.9 Å². The number of carbonyl (C=O) groups excluding carboxylic acids is 2. The zero-order valence-corrected chi connectivity index (χ0v) is 23.6. The van der Waals surface area contributed by atoms with Gasteiger partial charge in [0.1, 0.15) is 12.4 Å². The molecule has 0 bridgehead atoms. The van der Waals surface area contributed by atoms with Crippen LogP contribution in [0, 0.1) is 20.9 Å². The molecule has 0 aromatic heterocycles. The van der Waals surface area contributed by atoms with Crippen LogP contribution >= 0.6 is 15.9 Å². The number of nitrogens with zero attached hydrogens (tertiary/aromatic N) is 1. The SMILES string of the molecule is CC1(C)CC(=O)C2=C(C1)NC1=C(C(=O)CC(C)(C)C1)C2c1cc(Br)ccc1OCc1ccc([N+](=O)[O-])cc1. The first-order valence-corrected chi connectivity index (χ1v) is 13.6. The number of benzene rings is 2. The van der Waals surface area contributed by atoms with E-state index in [9.17, 15) is 19.7 Å². The van der Waals surface area contributed by atoms with Crippen molar-refractivity contribution in [3.8, 4) is 5.75 Å². The lowest BCUT2D eigenvalue weighted by atomic mass is 9.64. The Morgan fingerprint density at radius 1 is 0.921 bits per heavy atom. The molecule has 0 fully saturated rings. The summed E-state index contributed by atoms with van der Waals surface area (Å²) in [5, 5.41) is 14.6. The Hall–Kier alpha value is -3.26. The maximum absolute atomic E-state index is 13.7. The number of carbonyl (C=O) groups is 2. The monoisotopic (exact) mass is 578 g/mol. The van der Waals surface area contributed by atoms with E-state index in [0.29, 0.717) is 29.7 Å². The third kappa shape index (κ3) is 5.06. The van der Waals surface area contributed by atoms with Gasteiger partial charge in [-0.1, -0.05) is 43.6 Å². The van der Waals surface area contributed by atoms with Crippen LogP contribution in [-0.2, 0) is 16.2 Å². The smallest absolute Gasteiger partial charge is 0.269 e. The van der Waals surface area contributed by atoms with Crippen molar-refractivity contribution in [3.63, 3.8) is 0 Å². The van der Waals surface area contributed by atoms with Crippen molar-refractivity contribution in [2.75, 3.05) is 0 Å². The van der Waals surface area contributed by atoms with Gasteiger partial charge in [0.15, 0.2) is 11.6 Å². The van der Waals surface area contributed by atoms with Gasteiger partial charge in [-0.15, -0.1) is 0 Å². The molecule has 0 spiro atoms. The van der Waals surface area contributed by atoms with Crippen molar-refractivity contribution >= 4 is 33.2 Å². The molecule has 1 N–H and O–H groups in total. The number of rotatable bonds is 5. The number of nitro groups is 1. The summed E-state index contributed by atoms with van der Waals surface area (Å²) in [6, 6.07) is 11.9. The van der Waals surface area contributed by atoms with Crippen LogP contribution in [0.3, 0.4) is 0 Å². The van der Waals surface area contributed by atoms with Crippen LogP contribution in [0.2, 0.25) is 0 Å². The summed E-state index contributed by atoms with van der Waals surface area (Å²) in [5.41, 5.74) is 4.35. The Labute approximate surface area is 230 Å². The minimum atomic E-state index is -0.516. The van der Waals surface area contributed by atoms with Gasteiger partial charge in [-0.25, -0.2) is 0 Å². The van der Waals surface area contributed by atoms with E-state index in [4.69, 9.17) is 4.74 Å². The number of hydrogen-bond donors (Lipinski definition) is 1. The van der Waals surface area contributed by atoms with Crippen molar-refractivity contribution in [2.24, 2.45) is 10.8 Å². The third-order valence-corrected chi connectivity index (χ3v) is 8.04. The summed E-state index contributed by atoms with van der Waals surface area (Å²) in [6.07, 6.45) is 2.28. The number of non-ortho nitro benzene ring substituents is 1. The van der Waals surface area contributed by atoms with Gasteiger partial charge >= 0.3 is 0 Å². The molecule has 1 heterocycles. The Balaban J connectivity index is 1.59. The van der Waals surface area contributed by atoms with Crippen molar-refractivity contribution < 1.29 is 19.2 Å². The standard InChI is InChI=1S/C30H31BrN2O5/c1-29(2)12-21-27(23(34)14-29)26(28-22(32-21)13-30(3,4)15-24(28)35)20-11-18(31)7-10-25(20)38-16-17-5-8-19(9-6-17)33(36)37/h5-11,26,32H,12-16H2,1-4H3. The summed E-state index contributed by atoms with van der Waals surface area (Å²) in [5.74, 6) is 0.170. The van der Waals surface area contributed by atoms with Crippen molar-refractivity contribution in [1.82, 2.24) is 5.32 Å². The first kappa shape index (κ1) is 26.4. The number of dihydropyridines is 1. The molecule has 2 aromatic rings. The maximum Gasteiger partial charge on any atom is 0.269 e. The van der Waals surface area contributed by atoms with Gasteiger partial charge in [0.25, 0.3) is 5.69 Å². The number of nitro benzene ring substituents is 1. The lowest BCUT2D eigenvalue weighted by Gasteiger charge is -2.44. The van der Waals surface area contributed by atoms with Crippen molar-refractivity contribution in [2.45, 2.75) is 65.9 Å². The molecule has 0 saturated carbocycles. The second-order valence-electron chi connectivity index (χ2n) is 12.1. The molecule has 0 unspecified atom stereocenters. The lowest BCUT2D eigenvalue weighted by Crippen LogP contribution is -2.42. The van der Waals surface area contributed by atoms with E-state index in [-0.39, 0.29) is 34.7 Å². The van der Waals surface area contributed by atoms with Gasteiger partial charge in [0.05, 0.1) is 4.92 Å². The minimum absolute atomic E-state index is 0.0178. The molecule has 7 nitrogen and oxygen atoms in total. The Morgan fingerprint density at radius 3 is 2.00 bits per heavy atom. The van der Waals surface area contributed by atoms with Crippen molar-refractivity contribution in [1.29, 1.82) is 0 Å². The molecule has 38 heavy (non-hydrogen) atoms. The number of halogens is 1. The second kappa shape index (κ2) is 9.49. The summed E-state index contributed by atoms with van der Waals surface area (Å²) in [4.78, 5) is 37.9. The van der Waals surface area contributed by atoms with Crippen LogP contribution in [0.4, 0.5) is 5.69 Å². The average Bonchev–Trinajstić information content (AvgIpc) is 2.80. The van der Waals surface area contributed by atoms with Crippen molar-refractivity contribution in [3.05, 3.63) is 90.7 Å². The molecule has 1 aliphatic heterocycles. The van der Waals surface area contributed by atoms with E-state index < -0.39 is 10.8 Å². The van der Waals surface area contributed by atoms with Gasteiger partial charge in [-0.05, 0) is 59.6 Å². The normalized spacial score (nSPS) is 20.6. The van der Waals surface area contributed by atoms with Crippen LogP contribution in [-0.4, -0.2) is 16.5 Å². The fourth-order valence-electron chi connectivity index (χ4n) is 5.95. The molecule has 8 heteroatoms. The number of nitrogens with one attached hydrogen (secondary N) is 1. The van der Waals surface area contributed by atoms with Gasteiger partial charge in [0, 0.05) is 63.5 Å². The fourth-order valence-corrected chi connectivity index (χ4v) is 6.33. The molecule has 198 valence electrons. The Morgan fingerprint density at radius 2 is 1.47 bits per heavy atom. The number of allylic oxidation sites excluding steroid dienone is 4. The van der Waals surface area contributed by atoms with E-state index in [1.54, 1.807) is 12.1 Å². The van der Waals surface area contributed by atoms with E-state index in [1.165, 1.54) is 12.1 Å². The summed E-state index contributed by atoms with van der Waals surface area (Å²) in [6.45, 7) is 8.59. The average molecular weight is 579 g/mol. The summed E-state index contributed by atoms with van der Waals surface area (Å²) < 4.78 is 7.09. The van der Waals surface area contributed by atoms with Gasteiger partial charge < -0.3 is 10.1 Å². The first-order chi connectivity index (χ1) is 17.8. The highest BCUT2D eigenvalue weighted by molar-refractivity contribution is 9.10. The Bertz CT molecular complexity index is 1370. The largest absolute Gasteiger partial charge is 0.489 e. The predicted molar refractivity (Wildman–Crippen MR) is 148 cm³/mol. The molecular weight excluding hydrogens is 548 g/mol. The topological polar surface area (TPSA) is 98.5 Å². The zero-order chi connectivity index (χ0) is 27.4. The number of Topliss-reactive ketones (excluding diaryl/α,β-unsaturated/α-hetero) is 2. The Kier molecular flexibility index (Phi) is 6.58. The highest BCUT2D eigenvalue weighted by atomic mass is 79.9. The van der Waals surface area contributed by atoms with Crippen LogP contribution in [0.5, 0.6) is 5.75 Å². The maximum atomic E-state index is 13.7. The second-order valence-corrected chi connectivity index (χ2v) is 13.0. The number of ketones is 2. The summed E-state index contributed by atoms with van der Waals surface area (Å²) in [7, 11) is 0. The third-order valence-electron chi connectivity index (χ3n) is 7.54. The van der Waals surface area contributed by atoms with Crippen LogP contribution in [0.1, 0.15) is 70.4 Å². The number of ether oxygens (including phenoxy) is 1. The molecule has 2 aliphatic carbocycles. The highest BCUT2D eigenvalue weighted by Gasteiger charge is 2.47. The molecule has 0 atom stereocenters. The molecule has 0 amide bonds. The minimum Gasteiger partial charge on any atom is -0.489 e. The lowest BCUT2D eigenvalue weighted by molar-refractivity contribution is -0.384. The van der Waals surface area contributed by atoms with Crippen LogP contribution in [0.25, 0.3) is 0 Å². The summed E-state index contributed by atoms with van der Waals surface area (Å²) >= 11 is 3.59. The van der Waals surface area contributed by atoms with E-state index in [0.717, 1.165) is 39.8 Å². The van der Waals surface area contributed by atoms with Gasteiger partial charge in [-0.3, -0.25) is 19.7 Å². The fraction of sp³-hybridized carbons (Fsp3) is 0.400. The van der Waals surface area contributed by atoms with E-state index >= 15 is 0 Å². The van der Waals surface area contributed by atoms with Gasteiger partial charge in [-0.2, -0.15) is 0 Å².